The molecule has 3 nitrogen and oxygen atoms in total. The number of carbonyl (C=O) groups is 1. The molecule has 0 radical (unpaired) electrons. The van der Waals surface area contributed by atoms with Gasteiger partial charge in [0, 0.05) is 11.2 Å². The summed E-state index contributed by atoms with van der Waals surface area (Å²) >= 11 is 0. The zero-order valence-electron chi connectivity index (χ0n) is 8.89. The van der Waals surface area contributed by atoms with Crippen molar-refractivity contribution in [3.05, 3.63) is 36.0 Å². The molecular formula is C13H13NO2. The number of aromatic nitrogens is 1. The van der Waals surface area contributed by atoms with Gasteiger partial charge in [-0.25, -0.2) is 4.79 Å². The van der Waals surface area contributed by atoms with Crippen LogP contribution >= 0.6 is 0 Å². The van der Waals surface area contributed by atoms with Gasteiger partial charge >= 0.3 is 5.97 Å². The van der Waals surface area contributed by atoms with E-state index in [9.17, 15) is 9.90 Å². The summed E-state index contributed by atoms with van der Waals surface area (Å²) in [6.45, 7) is 0. The summed E-state index contributed by atoms with van der Waals surface area (Å²) in [4.78, 5) is 11.2. The number of carboxylic acids is 1. The average Bonchev–Trinajstić information content (AvgIpc) is 2.66. The van der Waals surface area contributed by atoms with E-state index in [-0.39, 0.29) is 6.04 Å². The molecule has 0 spiro atoms. The van der Waals surface area contributed by atoms with Crippen LogP contribution < -0.4 is 0 Å². The first-order valence-electron chi connectivity index (χ1n) is 5.59. The van der Waals surface area contributed by atoms with Crippen LogP contribution in [0.5, 0.6) is 0 Å². The van der Waals surface area contributed by atoms with Gasteiger partial charge in [0.1, 0.15) is 6.04 Å². The third-order valence-corrected chi connectivity index (χ3v) is 3.34. The third-order valence-electron chi connectivity index (χ3n) is 3.34. The first-order chi connectivity index (χ1) is 7.77. The molecule has 0 saturated heterocycles. The Hall–Kier alpha value is -1.77. The quantitative estimate of drug-likeness (QED) is 0.794. The van der Waals surface area contributed by atoms with Crippen molar-refractivity contribution in [2.45, 2.75) is 25.3 Å². The second kappa shape index (κ2) is 3.37. The van der Waals surface area contributed by atoms with Crippen LogP contribution in [-0.2, 0) is 11.2 Å². The fraction of sp³-hybridized carbons (Fsp3) is 0.308. The number of hydrogen-bond donors (Lipinski definition) is 1. The van der Waals surface area contributed by atoms with E-state index in [0.29, 0.717) is 0 Å². The van der Waals surface area contributed by atoms with Gasteiger partial charge in [0.05, 0.1) is 0 Å². The lowest BCUT2D eigenvalue weighted by molar-refractivity contribution is -0.141. The Bertz CT molecular complexity index is 556. The number of nitrogens with zero attached hydrogens (tertiary/aromatic N) is 1. The zero-order valence-corrected chi connectivity index (χ0v) is 8.89. The van der Waals surface area contributed by atoms with Crippen molar-refractivity contribution in [3.8, 4) is 0 Å². The van der Waals surface area contributed by atoms with Crippen LogP contribution in [0.3, 0.4) is 0 Å². The molecule has 0 amide bonds. The van der Waals surface area contributed by atoms with Crippen molar-refractivity contribution in [1.29, 1.82) is 0 Å². The Labute approximate surface area is 93.3 Å². The summed E-state index contributed by atoms with van der Waals surface area (Å²) in [5, 5.41) is 10.4. The van der Waals surface area contributed by atoms with Crippen LogP contribution in [0.1, 0.15) is 24.6 Å². The highest BCUT2D eigenvalue weighted by atomic mass is 16.4. The highest BCUT2D eigenvalue weighted by Crippen LogP contribution is 2.31. The maximum absolute atomic E-state index is 11.2. The molecule has 1 aliphatic rings. The Balaban J connectivity index is 2.28. The molecule has 0 saturated carbocycles. The normalized spacial score (nSPS) is 19.6. The molecule has 0 bridgehead atoms. The molecule has 2 heterocycles. The monoisotopic (exact) mass is 215 g/mol. The van der Waals surface area contributed by atoms with Gasteiger partial charge in [-0.15, -0.1) is 0 Å². The third kappa shape index (κ3) is 1.24. The number of aliphatic carboxylic acids is 1. The maximum Gasteiger partial charge on any atom is 0.326 e. The first kappa shape index (κ1) is 9.46. The Morgan fingerprint density at radius 3 is 3.00 bits per heavy atom. The molecule has 1 aromatic heterocycles. The van der Waals surface area contributed by atoms with Crippen molar-refractivity contribution in [3.63, 3.8) is 0 Å². The smallest absolute Gasteiger partial charge is 0.326 e. The Morgan fingerprint density at radius 2 is 2.19 bits per heavy atom. The molecule has 1 aliphatic heterocycles. The van der Waals surface area contributed by atoms with E-state index in [0.717, 1.165) is 35.9 Å². The minimum atomic E-state index is -0.720. The largest absolute Gasteiger partial charge is 0.480 e. The second-order valence-corrected chi connectivity index (χ2v) is 4.31. The minimum Gasteiger partial charge on any atom is -0.480 e. The number of fused-ring (bicyclic) bond motifs is 3. The van der Waals surface area contributed by atoms with E-state index in [1.54, 1.807) is 0 Å². The molecule has 0 aliphatic carbocycles. The van der Waals surface area contributed by atoms with Crippen molar-refractivity contribution in [1.82, 2.24) is 4.57 Å². The predicted octanol–water partition coefficient (Wildman–Crippen LogP) is 2.60. The number of rotatable bonds is 1. The molecular weight excluding hydrogens is 202 g/mol. The molecule has 2 aromatic rings. The SMILES string of the molecule is O=C(O)C1CCCc2cc3ccccc3n21. The van der Waals surface area contributed by atoms with E-state index in [1.807, 2.05) is 28.8 Å². The highest BCUT2D eigenvalue weighted by molar-refractivity contribution is 5.84. The molecule has 82 valence electrons. The molecule has 3 heteroatoms. The van der Waals surface area contributed by atoms with E-state index < -0.39 is 5.97 Å². The Morgan fingerprint density at radius 1 is 1.38 bits per heavy atom. The van der Waals surface area contributed by atoms with E-state index in [2.05, 4.69) is 6.07 Å². The number of aryl methyl sites for hydroxylation is 1. The van der Waals surface area contributed by atoms with E-state index in [4.69, 9.17) is 0 Å². The van der Waals surface area contributed by atoms with Crippen molar-refractivity contribution < 1.29 is 9.90 Å². The van der Waals surface area contributed by atoms with Crippen LogP contribution in [-0.4, -0.2) is 15.6 Å². The second-order valence-electron chi connectivity index (χ2n) is 4.31. The fourth-order valence-electron chi connectivity index (χ4n) is 2.63. The summed E-state index contributed by atoms with van der Waals surface area (Å²) in [6.07, 6.45) is 2.69. The molecule has 1 aromatic carbocycles. The fourth-order valence-corrected chi connectivity index (χ4v) is 2.63. The molecule has 1 unspecified atom stereocenters. The Kier molecular flexibility index (Phi) is 1.99. The summed E-state index contributed by atoms with van der Waals surface area (Å²) in [5.41, 5.74) is 2.20. The lowest BCUT2D eigenvalue weighted by Gasteiger charge is -2.23. The molecule has 16 heavy (non-hydrogen) atoms. The lowest BCUT2D eigenvalue weighted by atomic mass is 10.0. The van der Waals surface area contributed by atoms with Gasteiger partial charge in [-0.3, -0.25) is 0 Å². The zero-order chi connectivity index (χ0) is 11.1. The number of benzene rings is 1. The van der Waals surface area contributed by atoms with Gasteiger partial charge in [0.15, 0.2) is 0 Å². The maximum atomic E-state index is 11.2. The molecule has 0 fully saturated rings. The van der Waals surface area contributed by atoms with Crippen molar-refractivity contribution in [2.24, 2.45) is 0 Å². The van der Waals surface area contributed by atoms with Crippen molar-refractivity contribution >= 4 is 16.9 Å². The van der Waals surface area contributed by atoms with Crippen LogP contribution in [0.15, 0.2) is 30.3 Å². The first-order valence-corrected chi connectivity index (χ1v) is 5.59. The van der Waals surface area contributed by atoms with Crippen LogP contribution in [0, 0.1) is 0 Å². The van der Waals surface area contributed by atoms with Gasteiger partial charge in [-0.2, -0.15) is 0 Å². The molecule has 3 rings (SSSR count). The van der Waals surface area contributed by atoms with Gasteiger partial charge < -0.3 is 9.67 Å². The van der Waals surface area contributed by atoms with Gasteiger partial charge in [-0.1, -0.05) is 18.2 Å². The highest BCUT2D eigenvalue weighted by Gasteiger charge is 2.26. The van der Waals surface area contributed by atoms with Gasteiger partial charge in [0.2, 0.25) is 0 Å². The van der Waals surface area contributed by atoms with E-state index >= 15 is 0 Å². The lowest BCUT2D eigenvalue weighted by Crippen LogP contribution is -2.24. The van der Waals surface area contributed by atoms with Crippen LogP contribution in [0.2, 0.25) is 0 Å². The summed E-state index contributed by atoms with van der Waals surface area (Å²) in [5.74, 6) is -0.720. The van der Waals surface area contributed by atoms with E-state index in [1.165, 1.54) is 0 Å². The van der Waals surface area contributed by atoms with Crippen molar-refractivity contribution in [2.75, 3.05) is 0 Å². The van der Waals surface area contributed by atoms with Gasteiger partial charge in [-0.05, 0) is 36.8 Å². The van der Waals surface area contributed by atoms with Crippen LogP contribution in [0.4, 0.5) is 0 Å². The summed E-state index contributed by atoms with van der Waals surface area (Å²) in [7, 11) is 0. The number of para-hydroxylation sites is 1. The molecule has 1 N–H and O–H groups in total. The van der Waals surface area contributed by atoms with Crippen LogP contribution in [0.25, 0.3) is 10.9 Å². The minimum absolute atomic E-state index is 0.386. The average molecular weight is 215 g/mol. The summed E-state index contributed by atoms with van der Waals surface area (Å²) < 4.78 is 1.99. The standard InChI is InChI=1S/C13H13NO2/c15-13(16)12-7-3-5-10-8-9-4-1-2-6-11(9)14(10)12/h1-2,4,6,8,12H,3,5,7H2,(H,15,16). The topological polar surface area (TPSA) is 42.2 Å². The summed E-state index contributed by atoms with van der Waals surface area (Å²) in [6, 6.07) is 9.72. The number of carboxylic acid groups (broad SMARTS) is 1. The van der Waals surface area contributed by atoms with Gasteiger partial charge in [0.25, 0.3) is 0 Å². The molecule has 1 atom stereocenters. The number of hydrogen-bond acceptors (Lipinski definition) is 1. The predicted molar refractivity (Wildman–Crippen MR) is 61.5 cm³/mol.